The van der Waals surface area contributed by atoms with Gasteiger partial charge in [0, 0.05) is 12.5 Å². The molecule has 5 heteroatoms. The van der Waals surface area contributed by atoms with Crippen molar-refractivity contribution in [3.05, 3.63) is 34.9 Å². The van der Waals surface area contributed by atoms with Crippen LogP contribution in [0.15, 0.2) is 18.2 Å². The van der Waals surface area contributed by atoms with E-state index in [1.165, 1.54) is 5.56 Å². The van der Waals surface area contributed by atoms with Crippen LogP contribution in [-0.2, 0) is 20.7 Å². The monoisotopic (exact) mass is 347 g/mol. The Labute approximate surface area is 150 Å². The van der Waals surface area contributed by atoms with Crippen LogP contribution < -0.4 is 0 Å². The predicted molar refractivity (Wildman–Crippen MR) is 96.2 cm³/mol. The Bertz CT molecular complexity index is 628. The van der Waals surface area contributed by atoms with Gasteiger partial charge in [0.05, 0.1) is 13.0 Å². The van der Waals surface area contributed by atoms with Gasteiger partial charge in [-0.05, 0) is 51.2 Å². The molecule has 5 nitrogen and oxygen atoms in total. The average Bonchev–Trinajstić information content (AvgIpc) is 2.49. The smallest absolute Gasteiger partial charge is 0.435 e. The minimum absolute atomic E-state index is 0.0133. The summed E-state index contributed by atoms with van der Waals surface area (Å²) in [7, 11) is 0. The van der Waals surface area contributed by atoms with Crippen LogP contribution in [0.1, 0.15) is 50.3 Å². The minimum Gasteiger partial charge on any atom is -0.435 e. The molecule has 0 saturated carbocycles. The van der Waals surface area contributed by atoms with Crippen LogP contribution in [0.2, 0.25) is 0 Å². The maximum absolute atomic E-state index is 13.0. The fourth-order valence-corrected chi connectivity index (χ4v) is 3.61. The maximum atomic E-state index is 13.0. The van der Waals surface area contributed by atoms with E-state index in [0.717, 1.165) is 17.5 Å². The molecule has 1 aromatic rings. The zero-order valence-corrected chi connectivity index (χ0v) is 15.9. The van der Waals surface area contributed by atoms with Crippen molar-refractivity contribution in [3.63, 3.8) is 0 Å². The molecule has 1 amide bonds. The van der Waals surface area contributed by atoms with Gasteiger partial charge in [-0.15, -0.1) is 0 Å². The lowest BCUT2D eigenvalue weighted by atomic mass is 9.91. The number of hydrogen-bond donors (Lipinski definition) is 0. The third kappa shape index (κ3) is 4.97. The zero-order valence-electron chi connectivity index (χ0n) is 15.9. The third-order valence-corrected chi connectivity index (χ3v) is 4.75. The summed E-state index contributed by atoms with van der Waals surface area (Å²) in [5.74, 6) is 0.375. The van der Waals surface area contributed by atoms with Crippen molar-refractivity contribution in [2.45, 2.75) is 66.2 Å². The van der Waals surface area contributed by atoms with Crippen LogP contribution in [0.3, 0.4) is 0 Å². The van der Waals surface area contributed by atoms with Crippen molar-refractivity contribution in [1.82, 2.24) is 4.90 Å². The molecule has 0 spiro atoms. The molecule has 1 fully saturated rings. The van der Waals surface area contributed by atoms with Crippen molar-refractivity contribution in [2.75, 3.05) is 6.61 Å². The molecule has 3 atom stereocenters. The maximum Gasteiger partial charge on any atom is 0.510 e. The Hall–Kier alpha value is -2.04. The van der Waals surface area contributed by atoms with Crippen molar-refractivity contribution in [3.8, 4) is 0 Å². The topological polar surface area (TPSA) is 55.8 Å². The van der Waals surface area contributed by atoms with E-state index in [1.54, 1.807) is 11.8 Å². The van der Waals surface area contributed by atoms with Crippen LogP contribution in [0.4, 0.5) is 4.79 Å². The van der Waals surface area contributed by atoms with Crippen LogP contribution >= 0.6 is 0 Å². The van der Waals surface area contributed by atoms with Gasteiger partial charge in [-0.1, -0.05) is 30.7 Å². The number of likely N-dealkylation sites (tertiary alicyclic amines) is 1. The summed E-state index contributed by atoms with van der Waals surface area (Å²) in [5.41, 5.74) is 3.29. The number of carbonyl (C=O) groups is 2. The Morgan fingerprint density at radius 2 is 1.92 bits per heavy atom. The molecular formula is C20H29NO4. The van der Waals surface area contributed by atoms with E-state index in [9.17, 15) is 9.59 Å². The summed E-state index contributed by atoms with van der Waals surface area (Å²) < 4.78 is 10.3. The van der Waals surface area contributed by atoms with Gasteiger partial charge in [0.1, 0.15) is 0 Å². The average molecular weight is 347 g/mol. The van der Waals surface area contributed by atoms with Gasteiger partial charge >= 0.3 is 6.16 Å². The number of piperidine rings is 1. The largest absolute Gasteiger partial charge is 0.510 e. The Kier molecular flexibility index (Phi) is 6.45. The first-order valence-electron chi connectivity index (χ1n) is 9.02. The van der Waals surface area contributed by atoms with Gasteiger partial charge in [0.2, 0.25) is 5.91 Å². The van der Waals surface area contributed by atoms with E-state index in [-0.39, 0.29) is 18.6 Å². The molecule has 0 aliphatic carbocycles. The molecule has 1 aliphatic rings. The van der Waals surface area contributed by atoms with E-state index in [1.807, 2.05) is 32.9 Å². The fraction of sp³-hybridized carbons (Fsp3) is 0.600. The van der Waals surface area contributed by atoms with Crippen molar-refractivity contribution >= 4 is 12.1 Å². The first-order valence-corrected chi connectivity index (χ1v) is 9.02. The Morgan fingerprint density at radius 1 is 1.20 bits per heavy atom. The lowest BCUT2D eigenvalue weighted by molar-refractivity contribution is -0.153. The molecule has 25 heavy (non-hydrogen) atoms. The Morgan fingerprint density at radius 3 is 2.56 bits per heavy atom. The highest BCUT2D eigenvalue weighted by atomic mass is 16.7. The summed E-state index contributed by atoms with van der Waals surface area (Å²) in [6.45, 7) is 10.2. The second-order valence-corrected chi connectivity index (χ2v) is 7.09. The second-order valence-electron chi connectivity index (χ2n) is 7.09. The minimum atomic E-state index is -0.710. The highest BCUT2D eigenvalue weighted by molar-refractivity contribution is 5.80. The highest BCUT2D eigenvalue weighted by Crippen LogP contribution is 2.29. The van der Waals surface area contributed by atoms with Crippen molar-refractivity contribution in [2.24, 2.45) is 5.92 Å². The molecule has 1 saturated heterocycles. The Balaban J connectivity index is 2.15. The van der Waals surface area contributed by atoms with Crippen molar-refractivity contribution in [1.29, 1.82) is 0 Å². The van der Waals surface area contributed by atoms with Gasteiger partial charge in [0.25, 0.3) is 0 Å². The number of rotatable bonds is 4. The van der Waals surface area contributed by atoms with E-state index < -0.39 is 12.4 Å². The third-order valence-electron chi connectivity index (χ3n) is 4.75. The first-order chi connectivity index (χ1) is 11.8. The van der Waals surface area contributed by atoms with Crippen LogP contribution in [0.5, 0.6) is 0 Å². The van der Waals surface area contributed by atoms with Gasteiger partial charge in [-0.25, -0.2) is 4.79 Å². The first kappa shape index (κ1) is 19.3. The standard InChI is InChI=1S/C20H29NO4/c1-6-24-20(23)25-19-11-14(3)10-16(5)21(19)18(22)12-17-8-7-13(2)9-15(17)4/h7-9,14,16,19H,6,10-12H2,1-5H3. The highest BCUT2D eigenvalue weighted by Gasteiger charge is 2.37. The quantitative estimate of drug-likeness (QED) is 0.773. The molecule has 1 heterocycles. The summed E-state index contributed by atoms with van der Waals surface area (Å²) in [6, 6.07) is 6.13. The molecule has 0 aromatic heterocycles. The van der Waals surface area contributed by atoms with E-state index in [2.05, 4.69) is 13.0 Å². The van der Waals surface area contributed by atoms with Crippen LogP contribution in [-0.4, -0.2) is 35.8 Å². The molecular weight excluding hydrogens is 318 g/mol. The predicted octanol–water partition coefficient (Wildman–Crippen LogP) is 3.99. The zero-order chi connectivity index (χ0) is 18.6. The van der Waals surface area contributed by atoms with Gasteiger partial charge in [-0.3, -0.25) is 4.79 Å². The second kappa shape index (κ2) is 8.37. The molecule has 3 unspecified atom stereocenters. The number of benzene rings is 1. The summed E-state index contributed by atoms with van der Waals surface area (Å²) in [6.07, 6.45) is 0.588. The summed E-state index contributed by atoms with van der Waals surface area (Å²) in [4.78, 5) is 26.4. The SMILES string of the molecule is CCOC(=O)OC1CC(C)CC(C)N1C(=O)Cc1ccc(C)cc1C. The lowest BCUT2D eigenvalue weighted by Gasteiger charge is -2.42. The summed E-state index contributed by atoms with van der Waals surface area (Å²) >= 11 is 0. The van der Waals surface area contributed by atoms with Gasteiger partial charge < -0.3 is 14.4 Å². The van der Waals surface area contributed by atoms with E-state index in [0.29, 0.717) is 18.8 Å². The number of amides is 1. The summed E-state index contributed by atoms with van der Waals surface area (Å²) in [5, 5.41) is 0. The number of ether oxygens (including phenoxy) is 2. The van der Waals surface area contributed by atoms with Crippen LogP contribution in [0.25, 0.3) is 0 Å². The number of nitrogens with zero attached hydrogens (tertiary/aromatic N) is 1. The van der Waals surface area contributed by atoms with Crippen LogP contribution in [0, 0.1) is 19.8 Å². The molecule has 0 bridgehead atoms. The van der Waals surface area contributed by atoms with E-state index >= 15 is 0 Å². The molecule has 0 radical (unpaired) electrons. The number of carbonyl (C=O) groups excluding carboxylic acids is 2. The fourth-order valence-electron chi connectivity index (χ4n) is 3.61. The molecule has 1 aliphatic heterocycles. The van der Waals surface area contributed by atoms with Crippen molar-refractivity contribution < 1.29 is 19.1 Å². The molecule has 2 rings (SSSR count). The van der Waals surface area contributed by atoms with Gasteiger partial charge in [-0.2, -0.15) is 0 Å². The molecule has 138 valence electrons. The van der Waals surface area contributed by atoms with Gasteiger partial charge in [0.15, 0.2) is 6.23 Å². The molecule has 1 aromatic carbocycles. The molecule has 0 N–H and O–H groups in total. The number of hydrogen-bond acceptors (Lipinski definition) is 4. The number of aryl methyl sites for hydroxylation is 2. The van der Waals surface area contributed by atoms with E-state index in [4.69, 9.17) is 9.47 Å². The lowest BCUT2D eigenvalue weighted by Crippen LogP contribution is -2.53. The normalized spacial score (nSPS) is 23.2.